The SMILES string of the molecule is COc1ccc(-c2cc(CCC(=O)N(C)O)oc2-c2ccccc2S(N)(=O)=O)cc1. The molecule has 1 amide bonds. The average molecular weight is 430 g/mol. The highest BCUT2D eigenvalue weighted by atomic mass is 32.2. The maximum atomic E-state index is 12.1. The molecule has 3 aromatic rings. The average Bonchev–Trinajstić information content (AvgIpc) is 3.15. The molecule has 0 aliphatic rings. The lowest BCUT2D eigenvalue weighted by Gasteiger charge is -2.08. The summed E-state index contributed by atoms with van der Waals surface area (Å²) >= 11 is 0. The highest BCUT2D eigenvalue weighted by molar-refractivity contribution is 7.89. The zero-order valence-electron chi connectivity index (χ0n) is 16.5. The van der Waals surface area contributed by atoms with Crippen molar-refractivity contribution in [2.45, 2.75) is 17.7 Å². The molecule has 30 heavy (non-hydrogen) atoms. The van der Waals surface area contributed by atoms with Crippen molar-refractivity contribution < 1.29 is 27.6 Å². The van der Waals surface area contributed by atoms with Gasteiger partial charge >= 0.3 is 0 Å². The Bertz CT molecular complexity index is 1150. The number of primary sulfonamides is 1. The second-order valence-electron chi connectivity index (χ2n) is 6.64. The largest absolute Gasteiger partial charge is 0.497 e. The maximum absolute atomic E-state index is 12.1. The number of amides is 1. The minimum atomic E-state index is -3.99. The van der Waals surface area contributed by atoms with Crippen LogP contribution in [-0.4, -0.2) is 38.8 Å². The first-order valence-electron chi connectivity index (χ1n) is 9.05. The van der Waals surface area contributed by atoms with Gasteiger partial charge in [-0.25, -0.2) is 18.6 Å². The van der Waals surface area contributed by atoms with E-state index < -0.39 is 15.9 Å². The molecule has 0 bridgehead atoms. The molecule has 0 fully saturated rings. The maximum Gasteiger partial charge on any atom is 0.246 e. The van der Waals surface area contributed by atoms with Crippen molar-refractivity contribution >= 4 is 15.9 Å². The molecular weight excluding hydrogens is 408 g/mol. The molecule has 1 aromatic heterocycles. The molecule has 2 aromatic carbocycles. The number of furan rings is 1. The van der Waals surface area contributed by atoms with Gasteiger partial charge in [0.25, 0.3) is 0 Å². The van der Waals surface area contributed by atoms with E-state index in [0.29, 0.717) is 33.5 Å². The van der Waals surface area contributed by atoms with Crippen LogP contribution in [0, 0.1) is 0 Å². The topological polar surface area (TPSA) is 123 Å². The molecule has 0 atom stereocenters. The van der Waals surface area contributed by atoms with E-state index in [9.17, 15) is 18.4 Å². The number of hydroxylamine groups is 2. The van der Waals surface area contributed by atoms with Crippen LogP contribution in [0.25, 0.3) is 22.5 Å². The number of nitrogens with zero attached hydrogens (tertiary/aromatic N) is 1. The fraction of sp³-hybridized carbons (Fsp3) is 0.190. The Morgan fingerprint density at radius 3 is 2.40 bits per heavy atom. The molecular formula is C21H22N2O6S. The van der Waals surface area contributed by atoms with Gasteiger partial charge in [-0.2, -0.15) is 0 Å². The van der Waals surface area contributed by atoms with Crippen LogP contribution in [0.2, 0.25) is 0 Å². The van der Waals surface area contributed by atoms with E-state index in [1.807, 2.05) is 12.1 Å². The van der Waals surface area contributed by atoms with Crippen LogP contribution in [0.15, 0.2) is 63.9 Å². The first-order chi connectivity index (χ1) is 14.2. The standard InChI is InChI=1S/C21H22N2O6S/c1-23(25)20(24)12-11-16-13-18(14-7-9-15(28-2)10-8-14)21(29-16)17-5-3-4-6-19(17)30(22,26)27/h3-10,13,25H,11-12H2,1-2H3,(H2,22,26,27). The van der Waals surface area contributed by atoms with Crippen LogP contribution < -0.4 is 9.88 Å². The van der Waals surface area contributed by atoms with Gasteiger partial charge < -0.3 is 9.15 Å². The monoisotopic (exact) mass is 430 g/mol. The minimum absolute atomic E-state index is 0.0266. The van der Waals surface area contributed by atoms with Crippen LogP contribution in [0.5, 0.6) is 5.75 Å². The molecule has 158 valence electrons. The van der Waals surface area contributed by atoms with Gasteiger partial charge in [-0.05, 0) is 35.9 Å². The number of methoxy groups -OCH3 is 1. The Morgan fingerprint density at radius 1 is 1.13 bits per heavy atom. The molecule has 0 saturated carbocycles. The summed E-state index contributed by atoms with van der Waals surface area (Å²) in [6.45, 7) is 0. The molecule has 9 heteroatoms. The van der Waals surface area contributed by atoms with E-state index in [-0.39, 0.29) is 17.7 Å². The van der Waals surface area contributed by atoms with Gasteiger partial charge in [0.1, 0.15) is 17.3 Å². The van der Waals surface area contributed by atoms with Crippen LogP contribution >= 0.6 is 0 Å². The van der Waals surface area contributed by atoms with E-state index in [1.54, 1.807) is 43.5 Å². The molecule has 3 rings (SSSR count). The van der Waals surface area contributed by atoms with Crippen molar-refractivity contribution in [3.05, 3.63) is 60.4 Å². The zero-order valence-corrected chi connectivity index (χ0v) is 17.3. The Morgan fingerprint density at radius 2 is 1.80 bits per heavy atom. The second-order valence-corrected chi connectivity index (χ2v) is 8.17. The van der Waals surface area contributed by atoms with E-state index in [0.717, 1.165) is 5.56 Å². The predicted molar refractivity (Wildman–Crippen MR) is 110 cm³/mol. The van der Waals surface area contributed by atoms with Crippen LogP contribution in [0.3, 0.4) is 0 Å². The smallest absolute Gasteiger partial charge is 0.246 e. The molecule has 0 radical (unpaired) electrons. The first kappa shape index (κ1) is 21.6. The third kappa shape index (κ3) is 4.70. The summed E-state index contributed by atoms with van der Waals surface area (Å²) in [5.41, 5.74) is 1.74. The van der Waals surface area contributed by atoms with E-state index in [2.05, 4.69) is 0 Å². The number of rotatable bonds is 7. The summed E-state index contributed by atoms with van der Waals surface area (Å²) in [5, 5.41) is 15.2. The van der Waals surface area contributed by atoms with E-state index in [4.69, 9.17) is 14.3 Å². The molecule has 1 heterocycles. The summed E-state index contributed by atoms with van der Waals surface area (Å²) < 4.78 is 35.4. The van der Waals surface area contributed by atoms with Crippen molar-refractivity contribution in [1.82, 2.24) is 5.06 Å². The van der Waals surface area contributed by atoms with Crippen molar-refractivity contribution in [2.24, 2.45) is 5.14 Å². The number of hydrogen-bond donors (Lipinski definition) is 2. The molecule has 8 nitrogen and oxygen atoms in total. The van der Waals surface area contributed by atoms with Gasteiger partial charge in [0.2, 0.25) is 15.9 Å². The molecule has 3 N–H and O–H groups in total. The van der Waals surface area contributed by atoms with Crippen molar-refractivity contribution in [3.63, 3.8) is 0 Å². The number of ether oxygens (including phenoxy) is 1. The van der Waals surface area contributed by atoms with Crippen LogP contribution in [0.4, 0.5) is 0 Å². The van der Waals surface area contributed by atoms with Crippen LogP contribution in [-0.2, 0) is 21.2 Å². The predicted octanol–water partition coefficient (Wildman–Crippen LogP) is 3.05. The summed E-state index contributed by atoms with van der Waals surface area (Å²) in [5.74, 6) is 0.995. The van der Waals surface area contributed by atoms with Gasteiger partial charge in [0.05, 0.1) is 12.0 Å². The lowest BCUT2D eigenvalue weighted by Crippen LogP contribution is -2.22. The lowest BCUT2D eigenvalue weighted by atomic mass is 10.0. The Kier molecular flexibility index (Phi) is 6.25. The Hall–Kier alpha value is -3.14. The number of sulfonamides is 1. The number of benzene rings is 2. The third-order valence-corrected chi connectivity index (χ3v) is 5.54. The third-order valence-electron chi connectivity index (χ3n) is 4.57. The van der Waals surface area contributed by atoms with E-state index in [1.165, 1.54) is 13.1 Å². The minimum Gasteiger partial charge on any atom is -0.497 e. The molecule has 0 aliphatic carbocycles. The Balaban J connectivity index is 2.12. The fourth-order valence-corrected chi connectivity index (χ4v) is 3.78. The second kappa shape index (κ2) is 8.70. The van der Waals surface area contributed by atoms with Crippen LogP contribution in [0.1, 0.15) is 12.2 Å². The fourth-order valence-electron chi connectivity index (χ4n) is 3.04. The van der Waals surface area contributed by atoms with Crippen molar-refractivity contribution in [3.8, 4) is 28.2 Å². The van der Waals surface area contributed by atoms with Gasteiger partial charge in [-0.15, -0.1) is 0 Å². The lowest BCUT2D eigenvalue weighted by molar-refractivity contribution is -0.159. The molecule has 0 saturated heterocycles. The van der Waals surface area contributed by atoms with Crippen molar-refractivity contribution in [1.29, 1.82) is 0 Å². The number of carbonyl (C=O) groups is 1. The van der Waals surface area contributed by atoms with Gasteiger partial charge in [0.15, 0.2) is 0 Å². The van der Waals surface area contributed by atoms with Gasteiger partial charge in [0, 0.05) is 31.0 Å². The zero-order chi connectivity index (χ0) is 21.9. The first-order valence-corrected chi connectivity index (χ1v) is 10.6. The highest BCUT2D eigenvalue weighted by Crippen LogP contribution is 2.38. The molecule has 0 spiro atoms. The number of nitrogens with two attached hydrogens (primary N) is 1. The summed E-state index contributed by atoms with van der Waals surface area (Å²) in [7, 11) is -1.18. The normalized spacial score (nSPS) is 11.3. The highest BCUT2D eigenvalue weighted by Gasteiger charge is 2.22. The summed E-state index contributed by atoms with van der Waals surface area (Å²) in [4.78, 5) is 11.7. The quantitative estimate of drug-likeness (QED) is 0.439. The van der Waals surface area contributed by atoms with E-state index >= 15 is 0 Å². The number of hydrogen-bond acceptors (Lipinski definition) is 6. The molecule has 0 unspecified atom stereocenters. The number of aryl methyl sites for hydroxylation is 1. The molecule has 0 aliphatic heterocycles. The summed E-state index contributed by atoms with van der Waals surface area (Å²) in [6, 6.07) is 15.2. The van der Waals surface area contributed by atoms with Gasteiger partial charge in [-0.3, -0.25) is 10.0 Å². The summed E-state index contributed by atoms with van der Waals surface area (Å²) in [6.07, 6.45) is 0.253. The van der Waals surface area contributed by atoms with Gasteiger partial charge in [-0.1, -0.05) is 24.3 Å². The number of carbonyl (C=O) groups excluding carboxylic acids is 1. The Labute approximate surface area is 174 Å². The van der Waals surface area contributed by atoms with Crippen molar-refractivity contribution in [2.75, 3.05) is 14.2 Å².